The third-order valence-corrected chi connectivity index (χ3v) is 4.48. The second-order valence-electron chi connectivity index (χ2n) is 6.27. The zero-order valence-corrected chi connectivity index (χ0v) is 14.8. The SMILES string of the molecule is O=C(NCc1ccccc1CO)Nc1ccccc1CN1C(=O)CCC1=O. The molecule has 0 aromatic heterocycles. The Bertz CT molecular complexity index is 850. The molecule has 0 bridgehead atoms. The number of benzene rings is 2. The number of aliphatic hydroxyl groups is 1. The number of rotatable bonds is 6. The van der Waals surface area contributed by atoms with Gasteiger partial charge < -0.3 is 15.7 Å². The van der Waals surface area contributed by atoms with E-state index >= 15 is 0 Å². The van der Waals surface area contributed by atoms with E-state index in [2.05, 4.69) is 10.6 Å². The molecule has 7 nitrogen and oxygen atoms in total. The molecule has 7 heteroatoms. The Morgan fingerprint density at radius 1 is 0.926 bits per heavy atom. The van der Waals surface area contributed by atoms with Crippen LogP contribution in [0.15, 0.2) is 48.5 Å². The first-order valence-electron chi connectivity index (χ1n) is 8.72. The molecular weight excluding hydrogens is 346 g/mol. The van der Waals surface area contributed by atoms with Crippen molar-refractivity contribution < 1.29 is 19.5 Å². The van der Waals surface area contributed by atoms with Gasteiger partial charge in [0.1, 0.15) is 0 Å². The van der Waals surface area contributed by atoms with Gasteiger partial charge in [0.25, 0.3) is 0 Å². The molecule has 2 aromatic rings. The largest absolute Gasteiger partial charge is 0.392 e. The second kappa shape index (κ2) is 8.46. The van der Waals surface area contributed by atoms with Gasteiger partial charge in [0.15, 0.2) is 0 Å². The molecule has 3 N–H and O–H groups in total. The first-order chi connectivity index (χ1) is 13.1. The first kappa shape index (κ1) is 18.6. The molecule has 1 aliphatic rings. The van der Waals surface area contributed by atoms with Gasteiger partial charge in [-0.25, -0.2) is 4.79 Å². The van der Waals surface area contributed by atoms with Gasteiger partial charge in [-0.1, -0.05) is 42.5 Å². The van der Waals surface area contributed by atoms with Gasteiger partial charge in [-0.2, -0.15) is 0 Å². The molecule has 2 aromatic carbocycles. The molecule has 0 unspecified atom stereocenters. The average Bonchev–Trinajstić information content (AvgIpc) is 3.00. The second-order valence-corrected chi connectivity index (χ2v) is 6.27. The van der Waals surface area contributed by atoms with E-state index in [0.717, 1.165) is 11.1 Å². The maximum absolute atomic E-state index is 12.3. The van der Waals surface area contributed by atoms with Crippen molar-refractivity contribution in [3.05, 3.63) is 65.2 Å². The third-order valence-electron chi connectivity index (χ3n) is 4.48. The van der Waals surface area contributed by atoms with Crippen LogP contribution in [0, 0.1) is 0 Å². The monoisotopic (exact) mass is 367 g/mol. The van der Waals surface area contributed by atoms with Crippen LogP contribution in [0.4, 0.5) is 10.5 Å². The fourth-order valence-electron chi connectivity index (χ4n) is 2.98. The highest BCUT2D eigenvalue weighted by Crippen LogP contribution is 2.21. The highest BCUT2D eigenvalue weighted by Gasteiger charge is 2.29. The number of hydrogen-bond acceptors (Lipinski definition) is 4. The summed E-state index contributed by atoms with van der Waals surface area (Å²) in [4.78, 5) is 37.1. The zero-order valence-electron chi connectivity index (χ0n) is 14.8. The summed E-state index contributed by atoms with van der Waals surface area (Å²) in [5.74, 6) is -0.389. The smallest absolute Gasteiger partial charge is 0.319 e. The Morgan fingerprint density at radius 2 is 1.52 bits per heavy atom. The number of nitrogens with zero attached hydrogens (tertiary/aromatic N) is 1. The van der Waals surface area contributed by atoms with E-state index in [1.165, 1.54) is 4.90 Å². The predicted octanol–water partition coefficient (Wildman–Crippen LogP) is 2.15. The summed E-state index contributed by atoms with van der Waals surface area (Å²) in [6, 6.07) is 14.0. The lowest BCUT2D eigenvalue weighted by Crippen LogP contribution is -2.31. The third kappa shape index (κ3) is 4.51. The minimum Gasteiger partial charge on any atom is -0.392 e. The lowest BCUT2D eigenvalue weighted by atomic mass is 10.1. The number of amides is 4. The fraction of sp³-hybridized carbons (Fsp3) is 0.250. The number of para-hydroxylation sites is 1. The summed E-state index contributed by atoms with van der Waals surface area (Å²) in [7, 11) is 0. The van der Waals surface area contributed by atoms with Crippen LogP contribution < -0.4 is 10.6 Å². The summed E-state index contributed by atoms with van der Waals surface area (Å²) in [6.07, 6.45) is 0.471. The molecule has 1 aliphatic heterocycles. The number of likely N-dealkylation sites (tertiary alicyclic amines) is 1. The normalized spacial score (nSPS) is 13.7. The predicted molar refractivity (Wildman–Crippen MR) is 99.5 cm³/mol. The summed E-state index contributed by atoms with van der Waals surface area (Å²) in [5, 5.41) is 14.9. The fourth-order valence-corrected chi connectivity index (χ4v) is 2.98. The Morgan fingerprint density at radius 3 is 2.19 bits per heavy atom. The highest BCUT2D eigenvalue weighted by molar-refractivity contribution is 6.02. The molecule has 4 amide bonds. The number of imide groups is 1. The van der Waals surface area contributed by atoms with Gasteiger partial charge in [0.2, 0.25) is 11.8 Å². The van der Waals surface area contributed by atoms with E-state index in [9.17, 15) is 19.5 Å². The van der Waals surface area contributed by atoms with Gasteiger partial charge in [-0.15, -0.1) is 0 Å². The average molecular weight is 367 g/mol. The van der Waals surface area contributed by atoms with Crippen LogP contribution in [0.2, 0.25) is 0 Å². The minimum atomic E-state index is -0.408. The van der Waals surface area contributed by atoms with Crippen molar-refractivity contribution in [1.82, 2.24) is 10.2 Å². The Balaban J connectivity index is 1.64. The lowest BCUT2D eigenvalue weighted by molar-refractivity contribution is -0.139. The molecule has 1 fully saturated rings. The Kier molecular flexibility index (Phi) is 5.83. The van der Waals surface area contributed by atoms with Gasteiger partial charge in [-0.05, 0) is 22.8 Å². The number of nitrogens with one attached hydrogen (secondary N) is 2. The lowest BCUT2D eigenvalue weighted by Gasteiger charge is -2.17. The molecule has 27 heavy (non-hydrogen) atoms. The summed E-state index contributed by atoms with van der Waals surface area (Å²) in [6.45, 7) is 0.315. The van der Waals surface area contributed by atoms with Crippen LogP contribution >= 0.6 is 0 Å². The molecule has 0 radical (unpaired) electrons. The van der Waals surface area contributed by atoms with Crippen molar-refractivity contribution in [1.29, 1.82) is 0 Å². The summed E-state index contributed by atoms with van der Waals surface area (Å²) < 4.78 is 0. The van der Waals surface area contributed by atoms with Crippen molar-refractivity contribution >= 4 is 23.5 Å². The van der Waals surface area contributed by atoms with Gasteiger partial charge in [-0.3, -0.25) is 14.5 Å². The maximum Gasteiger partial charge on any atom is 0.319 e. The molecule has 0 aliphatic carbocycles. The minimum absolute atomic E-state index is 0.0970. The number of urea groups is 1. The van der Waals surface area contributed by atoms with Crippen molar-refractivity contribution in [2.45, 2.75) is 32.5 Å². The standard InChI is InChI=1S/C20H21N3O4/c24-13-16-7-2-1-5-14(16)11-21-20(27)22-17-8-4-3-6-15(17)12-23-18(25)9-10-19(23)26/h1-8,24H,9-13H2,(H2,21,22,27). The molecule has 0 atom stereocenters. The maximum atomic E-state index is 12.3. The van der Waals surface area contributed by atoms with E-state index in [1.807, 2.05) is 18.2 Å². The molecule has 1 saturated heterocycles. The summed E-state index contributed by atoms with van der Waals surface area (Å²) >= 11 is 0. The zero-order chi connectivity index (χ0) is 19.2. The van der Waals surface area contributed by atoms with E-state index in [0.29, 0.717) is 11.3 Å². The number of hydrogen-bond donors (Lipinski definition) is 3. The quantitative estimate of drug-likeness (QED) is 0.681. The highest BCUT2D eigenvalue weighted by atomic mass is 16.3. The van der Waals surface area contributed by atoms with Crippen LogP contribution in [0.1, 0.15) is 29.5 Å². The Hall–Kier alpha value is -3.19. The van der Waals surface area contributed by atoms with Crippen LogP contribution in [-0.4, -0.2) is 27.9 Å². The topological polar surface area (TPSA) is 98.7 Å². The van der Waals surface area contributed by atoms with Crippen LogP contribution in [0.3, 0.4) is 0 Å². The molecule has 3 rings (SSSR count). The van der Waals surface area contributed by atoms with Gasteiger partial charge in [0.05, 0.1) is 13.2 Å². The van der Waals surface area contributed by atoms with E-state index in [4.69, 9.17) is 0 Å². The van der Waals surface area contributed by atoms with Crippen LogP contribution in [0.25, 0.3) is 0 Å². The van der Waals surface area contributed by atoms with Crippen molar-refractivity contribution in [2.24, 2.45) is 0 Å². The molecule has 140 valence electrons. The van der Waals surface area contributed by atoms with Gasteiger partial charge >= 0.3 is 6.03 Å². The van der Waals surface area contributed by atoms with Crippen LogP contribution in [0.5, 0.6) is 0 Å². The van der Waals surface area contributed by atoms with Crippen molar-refractivity contribution in [3.8, 4) is 0 Å². The van der Waals surface area contributed by atoms with E-state index in [-0.39, 0.29) is 44.4 Å². The number of aliphatic hydroxyl groups excluding tert-OH is 1. The molecule has 0 spiro atoms. The van der Waals surface area contributed by atoms with Gasteiger partial charge in [0, 0.05) is 25.1 Å². The molecular formula is C20H21N3O4. The Labute approximate surface area is 157 Å². The van der Waals surface area contributed by atoms with Crippen molar-refractivity contribution in [3.63, 3.8) is 0 Å². The van der Waals surface area contributed by atoms with Crippen molar-refractivity contribution in [2.75, 3.05) is 5.32 Å². The van der Waals surface area contributed by atoms with Crippen LogP contribution in [-0.2, 0) is 29.3 Å². The number of anilines is 1. The molecule has 1 heterocycles. The number of carbonyl (C=O) groups excluding carboxylic acids is 3. The first-order valence-corrected chi connectivity index (χ1v) is 8.72. The van der Waals surface area contributed by atoms with E-state index in [1.54, 1.807) is 30.3 Å². The molecule has 0 saturated carbocycles. The number of carbonyl (C=O) groups is 3. The van der Waals surface area contributed by atoms with E-state index < -0.39 is 6.03 Å². The summed E-state index contributed by atoms with van der Waals surface area (Å²) in [5.41, 5.74) is 2.81.